The van der Waals surface area contributed by atoms with Crippen molar-refractivity contribution in [2.24, 2.45) is 0 Å². The average molecular weight is 473 g/mol. The summed E-state index contributed by atoms with van der Waals surface area (Å²) in [5.74, 6) is -3.79. The monoisotopic (exact) mass is 473 g/mol. The maximum atomic E-state index is 13.4. The zero-order chi connectivity index (χ0) is 24.9. The Kier molecular flexibility index (Phi) is 7.30. The lowest BCUT2D eigenvalue weighted by atomic mass is 10.1. The average Bonchev–Trinajstić information content (AvgIpc) is 2.79. The van der Waals surface area contributed by atoms with E-state index in [1.807, 2.05) is 5.32 Å². The molecular formula is C24H19F4N3O3. The Morgan fingerprint density at radius 3 is 2.09 bits per heavy atom. The molecule has 1 unspecified atom stereocenters. The molecule has 3 aromatic rings. The maximum Gasteiger partial charge on any atom is 0.418 e. The van der Waals surface area contributed by atoms with Crippen LogP contribution in [0, 0.1) is 12.7 Å². The van der Waals surface area contributed by atoms with Crippen LogP contribution >= 0.6 is 0 Å². The van der Waals surface area contributed by atoms with E-state index in [9.17, 15) is 31.9 Å². The lowest BCUT2D eigenvalue weighted by Crippen LogP contribution is -2.55. The lowest BCUT2D eigenvalue weighted by molar-refractivity contribution is -0.137. The molecule has 176 valence electrons. The van der Waals surface area contributed by atoms with Crippen LogP contribution in [0.4, 0.5) is 23.2 Å². The van der Waals surface area contributed by atoms with Gasteiger partial charge in [0.1, 0.15) is 5.82 Å². The molecule has 0 saturated carbocycles. The third kappa shape index (κ3) is 5.97. The first-order chi connectivity index (χ1) is 16.1. The highest BCUT2D eigenvalue weighted by molar-refractivity contribution is 6.05. The summed E-state index contributed by atoms with van der Waals surface area (Å²) in [5.41, 5.74) is -1.22. The fraction of sp³-hybridized carbons (Fsp3) is 0.125. The van der Waals surface area contributed by atoms with Crippen LogP contribution in [0.15, 0.2) is 72.8 Å². The normalized spacial score (nSPS) is 11.9. The summed E-state index contributed by atoms with van der Waals surface area (Å²) in [5, 5.41) is 6.65. The van der Waals surface area contributed by atoms with E-state index in [4.69, 9.17) is 0 Å². The summed E-state index contributed by atoms with van der Waals surface area (Å²) in [7, 11) is 0. The van der Waals surface area contributed by atoms with Crippen LogP contribution in [0.5, 0.6) is 0 Å². The molecule has 0 aliphatic carbocycles. The van der Waals surface area contributed by atoms with Crippen LogP contribution in [0.3, 0.4) is 0 Å². The van der Waals surface area contributed by atoms with Gasteiger partial charge in [0.2, 0.25) is 0 Å². The molecule has 0 heterocycles. The Hall–Kier alpha value is -4.21. The van der Waals surface area contributed by atoms with E-state index >= 15 is 0 Å². The Balaban J connectivity index is 1.90. The first kappa shape index (κ1) is 24.4. The third-order valence-corrected chi connectivity index (χ3v) is 4.78. The molecule has 0 fully saturated rings. The Morgan fingerprint density at radius 2 is 1.44 bits per heavy atom. The number of amides is 3. The number of carbonyl (C=O) groups excluding carboxylic acids is 3. The molecule has 0 saturated heterocycles. The van der Waals surface area contributed by atoms with Crippen LogP contribution in [0.2, 0.25) is 0 Å². The van der Waals surface area contributed by atoms with Crippen molar-refractivity contribution >= 4 is 23.4 Å². The van der Waals surface area contributed by atoms with Gasteiger partial charge in [-0.05, 0) is 48.9 Å². The highest BCUT2D eigenvalue weighted by Gasteiger charge is 2.35. The summed E-state index contributed by atoms with van der Waals surface area (Å²) in [6, 6.07) is 15.9. The number of nitrogens with one attached hydrogen (secondary N) is 3. The largest absolute Gasteiger partial charge is 0.418 e. The van der Waals surface area contributed by atoms with Gasteiger partial charge in [0.15, 0.2) is 6.17 Å². The molecule has 0 bridgehead atoms. The first-order valence-corrected chi connectivity index (χ1v) is 9.96. The van der Waals surface area contributed by atoms with Crippen molar-refractivity contribution in [1.82, 2.24) is 10.6 Å². The van der Waals surface area contributed by atoms with E-state index in [1.54, 1.807) is 43.3 Å². The Morgan fingerprint density at radius 1 is 0.824 bits per heavy atom. The zero-order valence-corrected chi connectivity index (χ0v) is 17.7. The predicted molar refractivity (Wildman–Crippen MR) is 116 cm³/mol. The fourth-order valence-electron chi connectivity index (χ4n) is 3.07. The van der Waals surface area contributed by atoms with Crippen molar-refractivity contribution in [2.45, 2.75) is 19.3 Å². The molecule has 0 spiro atoms. The summed E-state index contributed by atoms with van der Waals surface area (Å²) < 4.78 is 53.4. The van der Waals surface area contributed by atoms with Gasteiger partial charge in [0.05, 0.1) is 11.3 Å². The molecule has 10 heteroatoms. The van der Waals surface area contributed by atoms with Gasteiger partial charge < -0.3 is 16.0 Å². The topological polar surface area (TPSA) is 87.3 Å². The first-order valence-electron chi connectivity index (χ1n) is 9.96. The summed E-state index contributed by atoms with van der Waals surface area (Å²) in [6.45, 7) is 1.65. The van der Waals surface area contributed by atoms with Crippen molar-refractivity contribution in [3.8, 4) is 0 Å². The molecular weight excluding hydrogens is 454 g/mol. The van der Waals surface area contributed by atoms with Crippen molar-refractivity contribution < 1.29 is 31.9 Å². The van der Waals surface area contributed by atoms with Gasteiger partial charge >= 0.3 is 6.18 Å². The van der Waals surface area contributed by atoms with Crippen molar-refractivity contribution in [3.63, 3.8) is 0 Å². The number of hydrogen-bond donors (Lipinski definition) is 3. The second-order valence-electron chi connectivity index (χ2n) is 7.24. The number of aryl methyl sites for hydroxylation is 1. The number of benzene rings is 3. The van der Waals surface area contributed by atoms with Gasteiger partial charge in [-0.1, -0.05) is 36.4 Å². The smallest absolute Gasteiger partial charge is 0.324 e. The molecule has 3 rings (SSSR count). The number of anilines is 1. The minimum absolute atomic E-state index is 0.156. The molecule has 0 aromatic heterocycles. The highest BCUT2D eigenvalue weighted by Crippen LogP contribution is 2.35. The second kappa shape index (κ2) is 10.2. The van der Waals surface area contributed by atoms with Gasteiger partial charge in [-0.25, -0.2) is 4.39 Å². The molecule has 0 radical (unpaired) electrons. The van der Waals surface area contributed by atoms with Crippen LogP contribution in [0.25, 0.3) is 0 Å². The maximum absolute atomic E-state index is 13.4. The molecule has 3 aromatic carbocycles. The Labute approximate surface area is 192 Å². The third-order valence-electron chi connectivity index (χ3n) is 4.78. The molecule has 0 aliphatic rings. The SMILES string of the molecule is Cc1ccccc1C(=O)NC(NC(=O)c1ccccc1)C(=O)Nc1ccc(F)cc1C(F)(F)F. The van der Waals surface area contributed by atoms with Gasteiger partial charge in [-0.15, -0.1) is 0 Å². The summed E-state index contributed by atoms with van der Waals surface area (Å²) in [6.07, 6.45) is -6.70. The zero-order valence-electron chi connectivity index (χ0n) is 17.7. The van der Waals surface area contributed by atoms with Crippen LogP contribution in [-0.4, -0.2) is 23.9 Å². The van der Waals surface area contributed by atoms with E-state index < -0.39 is 47.1 Å². The van der Waals surface area contributed by atoms with Gasteiger partial charge in [0, 0.05) is 11.1 Å². The molecule has 34 heavy (non-hydrogen) atoms. The number of hydrogen-bond acceptors (Lipinski definition) is 3. The van der Waals surface area contributed by atoms with E-state index in [0.717, 1.165) is 12.1 Å². The standard InChI is InChI=1S/C24H19F4N3O3/c1-14-7-5-6-10-17(14)22(33)31-20(30-21(32)15-8-3-2-4-9-15)23(34)29-19-12-11-16(25)13-18(19)24(26,27)28/h2-13,20H,1H3,(H,29,34)(H,30,32)(H,31,33). The van der Waals surface area contributed by atoms with E-state index in [1.165, 1.54) is 18.2 Å². The summed E-state index contributed by atoms with van der Waals surface area (Å²) >= 11 is 0. The number of halogens is 4. The van der Waals surface area contributed by atoms with E-state index in [2.05, 4.69) is 10.6 Å². The van der Waals surface area contributed by atoms with Gasteiger partial charge in [-0.2, -0.15) is 13.2 Å². The van der Waals surface area contributed by atoms with Crippen molar-refractivity contribution in [1.29, 1.82) is 0 Å². The number of rotatable bonds is 6. The lowest BCUT2D eigenvalue weighted by Gasteiger charge is -2.21. The molecule has 1 atom stereocenters. The Bertz CT molecular complexity index is 1210. The van der Waals surface area contributed by atoms with Crippen LogP contribution in [-0.2, 0) is 11.0 Å². The quantitative estimate of drug-likeness (QED) is 0.369. The number of alkyl halides is 3. The molecule has 6 nitrogen and oxygen atoms in total. The molecule has 3 amide bonds. The summed E-state index contributed by atoms with van der Waals surface area (Å²) in [4.78, 5) is 38.2. The van der Waals surface area contributed by atoms with Crippen LogP contribution < -0.4 is 16.0 Å². The second-order valence-corrected chi connectivity index (χ2v) is 7.24. The van der Waals surface area contributed by atoms with Crippen LogP contribution in [0.1, 0.15) is 31.8 Å². The fourth-order valence-corrected chi connectivity index (χ4v) is 3.07. The van der Waals surface area contributed by atoms with Gasteiger partial charge in [-0.3, -0.25) is 14.4 Å². The van der Waals surface area contributed by atoms with Crippen molar-refractivity contribution in [3.05, 3.63) is 101 Å². The minimum atomic E-state index is -4.96. The number of carbonyl (C=O) groups is 3. The molecule has 0 aliphatic heterocycles. The predicted octanol–water partition coefficient (Wildman–Crippen LogP) is 4.28. The van der Waals surface area contributed by atoms with E-state index in [-0.39, 0.29) is 17.2 Å². The van der Waals surface area contributed by atoms with E-state index in [0.29, 0.717) is 5.56 Å². The van der Waals surface area contributed by atoms with Crippen molar-refractivity contribution in [2.75, 3.05) is 5.32 Å². The molecule has 3 N–H and O–H groups in total. The minimum Gasteiger partial charge on any atom is -0.324 e. The highest BCUT2D eigenvalue weighted by atomic mass is 19.4. The van der Waals surface area contributed by atoms with Gasteiger partial charge in [0.25, 0.3) is 17.7 Å².